The van der Waals surface area contributed by atoms with Crippen LogP contribution in [0.5, 0.6) is 5.75 Å². The molecule has 0 aliphatic carbocycles. The molecule has 0 saturated carbocycles. The van der Waals surface area contributed by atoms with Gasteiger partial charge in [-0.3, -0.25) is 14.4 Å². The lowest BCUT2D eigenvalue weighted by molar-refractivity contribution is -0.136. The summed E-state index contributed by atoms with van der Waals surface area (Å²) in [6, 6.07) is 16.6. The zero-order chi connectivity index (χ0) is 24.5. The number of hydrogen-bond donors (Lipinski definition) is 3. The van der Waals surface area contributed by atoms with Crippen molar-refractivity contribution in [3.63, 3.8) is 0 Å². The summed E-state index contributed by atoms with van der Waals surface area (Å²) in [7, 11) is 0. The maximum absolute atomic E-state index is 13.6. The summed E-state index contributed by atoms with van der Waals surface area (Å²) in [6.07, 6.45) is 1.27. The van der Waals surface area contributed by atoms with E-state index in [0.717, 1.165) is 6.07 Å². The smallest absolute Gasteiger partial charge is 0.329 e. The molecule has 0 bridgehead atoms. The van der Waals surface area contributed by atoms with Crippen LogP contribution < -0.4 is 20.8 Å². The number of nitrogens with zero attached hydrogens (tertiary/aromatic N) is 1. The molecule has 0 heterocycles. The zero-order valence-corrected chi connectivity index (χ0v) is 18.9. The molecule has 3 N–H and O–H groups in total. The van der Waals surface area contributed by atoms with Gasteiger partial charge in [0, 0.05) is 15.7 Å². The van der Waals surface area contributed by atoms with E-state index in [-0.39, 0.29) is 12.3 Å². The molecular formula is C23H17Cl2FN4O4. The molecular weight excluding hydrogens is 486 g/mol. The Balaban J connectivity index is 1.49. The number of halogens is 3. The fourth-order valence-electron chi connectivity index (χ4n) is 2.61. The lowest BCUT2D eigenvalue weighted by Crippen LogP contribution is -2.32. The number of ether oxygens (including phenoxy) is 1. The summed E-state index contributed by atoms with van der Waals surface area (Å²) < 4.78 is 19.0. The number of amides is 3. The van der Waals surface area contributed by atoms with E-state index in [9.17, 15) is 18.8 Å². The van der Waals surface area contributed by atoms with E-state index in [4.69, 9.17) is 27.9 Å². The van der Waals surface area contributed by atoms with E-state index in [1.807, 2.05) is 5.43 Å². The fourth-order valence-corrected chi connectivity index (χ4v) is 3.14. The topological polar surface area (TPSA) is 109 Å². The number of rotatable bonds is 7. The number of carbonyl (C=O) groups excluding carboxylic acids is 3. The third kappa shape index (κ3) is 7.58. The van der Waals surface area contributed by atoms with Crippen molar-refractivity contribution in [3.8, 4) is 5.75 Å². The normalized spacial score (nSPS) is 10.6. The summed E-state index contributed by atoms with van der Waals surface area (Å²) in [4.78, 5) is 35.8. The molecule has 3 rings (SSSR count). The Labute approximate surface area is 203 Å². The van der Waals surface area contributed by atoms with Gasteiger partial charge in [-0.2, -0.15) is 5.10 Å². The van der Waals surface area contributed by atoms with Crippen molar-refractivity contribution in [2.24, 2.45) is 5.10 Å². The van der Waals surface area contributed by atoms with Crippen LogP contribution in [-0.4, -0.2) is 30.5 Å². The predicted molar refractivity (Wildman–Crippen MR) is 128 cm³/mol. The van der Waals surface area contributed by atoms with Crippen molar-refractivity contribution in [3.05, 3.63) is 88.2 Å². The van der Waals surface area contributed by atoms with Crippen LogP contribution >= 0.6 is 23.2 Å². The molecule has 0 aliphatic rings. The van der Waals surface area contributed by atoms with Crippen molar-refractivity contribution < 1.29 is 23.5 Å². The molecule has 0 atom stereocenters. The van der Waals surface area contributed by atoms with Crippen LogP contribution in [0.15, 0.2) is 71.8 Å². The van der Waals surface area contributed by atoms with Crippen molar-refractivity contribution in [1.29, 1.82) is 0 Å². The number of anilines is 2. The van der Waals surface area contributed by atoms with Gasteiger partial charge in [0.1, 0.15) is 11.6 Å². The van der Waals surface area contributed by atoms with Crippen molar-refractivity contribution in [1.82, 2.24) is 5.43 Å². The maximum Gasteiger partial charge on any atom is 0.329 e. The first-order chi connectivity index (χ1) is 16.3. The van der Waals surface area contributed by atoms with Crippen molar-refractivity contribution in [2.75, 3.05) is 17.2 Å². The molecule has 0 aromatic heterocycles. The Morgan fingerprint density at radius 3 is 2.38 bits per heavy atom. The Hall–Kier alpha value is -3.95. The zero-order valence-electron chi connectivity index (χ0n) is 17.3. The highest BCUT2D eigenvalue weighted by molar-refractivity contribution is 6.39. The molecule has 3 aromatic rings. The molecule has 0 aliphatic heterocycles. The molecule has 8 nitrogen and oxygen atoms in total. The highest BCUT2D eigenvalue weighted by atomic mass is 35.5. The quantitative estimate of drug-likeness (QED) is 0.255. The van der Waals surface area contributed by atoms with E-state index < -0.39 is 23.5 Å². The number of hydrogen-bond acceptors (Lipinski definition) is 5. The summed E-state index contributed by atoms with van der Waals surface area (Å²) in [5.74, 6) is -2.89. The second-order valence-electron chi connectivity index (χ2n) is 6.70. The van der Waals surface area contributed by atoms with Gasteiger partial charge in [0.25, 0.3) is 5.91 Å². The van der Waals surface area contributed by atoms with Crippen LogP contribution in [0.1, 0.15) is 5.56 Å². The van der Waals surface area contributed by atoms with Crippen molar-refractivity contribution >= 4 is 58.5 Å². The molecule has 0 saturated heterocycles. The van der Waals surface area contributed by atoms with Gasteiger partial charge in [-0.25, -0.2) is 9.82 Å². The molecule has 11 heteroatoms. The molecule has 3 aromatic carbocycles. The van der Waals surface area contributed by atoms with Crippen LogP contribution in [-0.2, 0) is 14.4 Å². The number of nitrogens with one attached hydrogen (secondary N) is 3. The van der Waals surface area contributed by atoms with Gasteiger partial charge in [-0.1, -0.05) is 47.5 Å². The van der Waals surface area contributed by atoms with Gasteiger partial charge in [0.05, 0.1) is 11.9 Å². The van der Waals surface area contributed by atoms with Crippen LogP contribution in [0.2, 0.25) is 10.0 Å². The Morgan fingerprint density at radius 2 is 1.65 bits per heavy atom. The Morgan fingerprint density at radius 1 is 0.912 bits per heavy atom. The van der Waals surface area contributed by atoms with E-state index >= 15 is 0 Å². The fraction of sp³-hybridized carbons (Fsp3) is 0.0435. The average molecular weight is 503 g/mol. The Bertz CT molecular complexity index is 1230. The molecule has 0 unspecified atom stereocenters. The largest absolute Gasteiger partial charge is 0.484 e. The number of para-hydroxylation sites is 1. The Kier molecular flexibility index (Phi) is 8.55. The van der Waals surface area contributed by atoms with E-state index in [1.54, 1.807) is 42.5 Å². The first-order valence-electron chi connectivity index (χ1n) is 9.68. The SMILES string of the molecule is O=C(COc1cccc(/C=N\NC(=O)C(=O)Nc2ccccc2F)c1)Nc1cc(Cl)cc(Cl)c1. The second kappa shape index (κ2) is 11.8. The standard InChI is InChI=1S/C23H17Cl2FN4O4/c24-15-9-16(25)11-17(10-15)28-21(31)13-34-18-5-3-4-14(8-18)12-27-30-23(33)22(32)29-20-7-2-1-6-19(20)26/h1-12H,13H2,(H,28,31)(H,29,32)(H,30,33)/b27-12-. The first-order valence-corrected chi connectivity index (χ1v) is 10.4. The van der Waals surface area contributed by atoms with Crippen LogP contribution in [0.4, 0.5) is 15.8 Å². The monoisotopic (exact) mass is 502 g/mol. The van der Waals surface area contributed by atoms with E-state index in [0.29, 0.717) is 27.0 Å². The van der Waals surface area contributed by atoms with Crippen molar-refractivity contribution in [2.45, 2.75) is 0 Å². The summed E-state index contributed by atoms with van der Waals surface area (Å²) in [6.45, 7) is -0.280. The van der Waals surface area contributed by atoms with Crippen LogP contribution in [0, 0.1) is 5.82 Å². The predicted octanol–water partition coefficient (Wildman–Crippen LogP) is 4.24. The molecule has 3 amide bonds. The van der Waals surface area contributed by atoms with Gasteiger partial charge in [-0.05, 0) is 48.0 Å². The lowest BCUT2D eigenvalue weighted by Gasteiger charge is -2.09. The van der Waals surface area contributed by atoms with Crippen LogP contribution in [0.25, 0.3) is 0 Å². The maximum atomic E-state index is 13.6. The minimum absolute atomic E-state index is 0.126. The number of hydrazone groups is 1. The van der Waals surface area contributed by atoms with E-state index in [1.165, 1.54) is 24.4 Å². The van der Waals surface area contributed by atoms with Gasteiger partial charge in [0.15, 0.2) is 6.61 Å². The van der Waals surface area contributed by atoms with Gasteiger partial charge in [-0.15, -0.1) is 0 Å². The summed E-state index contributed by atoms with van der Waals surface area (Å²) >= 11 is 11.8. The van der Waals surface area contributed by atoms with Gasteiger partial charge < -0.3 is 15.4 Å². The minimum atomic E-state index is -1.08. The summed E-state index contributed by atoms with van der Waals surface area (Å²) in [5.41, 5.74) is 2.87. The first kappa shape index (κ1) is 24.7. The number of benzene rings is 3. The summed E-state index contributed by atoms with van der Waals surface area (Å²) in [5, 5.41) is 9.22. The van der Waals surface area contributed by atoms with Gasteiger partial charge >= 0.3 is 11.8 Å². The highest BCUT2D eigenvalue weighted by Gasteiger charge is 2.14. The number of carbonyl (C=O) groups is 3. The molecule has 0 fully saturated rings. The third-order valence-corrected chi connectivity index (χ3v) is 4.52. The second-order valence-corrected chi connectivity index (χ2v) is 7.57. The molecule has 34 heavy (non-hydrogen) atoms. The van der Waals surface area contributed by atoms with Crippen LogP contribution in [0.3, 0.4) is 0 Å². The molecule has 0 spiro atoms. The highest BCUT2D eigenvalue weighted by Crippen LogP contribution is 2.22. The molecule has 174 valence electrons. The lowest BCUT2D eigenvalue weighted by atomic mass is 10.2. The van der Waals surface area contributed by atoms with Gasteiger partial charge in [0.2, 0.25) is 0 Å². The van der Waals surface area contributed by atoms with E-state index in [2.05, 4.69) is 15.7 Å². The molecule has 0 radical (unpaired) electrons. The minimum Gasteiger partial charge on any atom is -0.484 e. The average Bonchev–Trinajstić information content (AvgIpc) is 2.79. The third-order valence-electron chi connectivity index (χ3n) is 4.08.